The zero-order valence-corrected chi connectivity index (χ0v) is 11.6. The number of aryl methyl sites for hydroxylation is 1. The molecule has 0 saturated carbocycles. The number of nitrogens with one attached hydrogen (secondary N) is 2. The van der Waals surface area contributed by atoms with Gasteiger partial charge in [-0.25, -0.2) is 0 Å². The fraction of sp³-hybridized carbons (Fsp3) is 0.167. The predicted molar refractivity (Wildman–Crippen MR) is 76.8 cm³/mol. The Morgan fingerprint density at radius 1 is 1.42 bits per heavy atom. The predicted octanol–water partition coefficient (Wildman–Crippen LogP) is 3.11. The molecule has 100 valence electrons. The first-order valence-electron chi connectivity index (χ1n) is 5.62. The van der Waals surface area contributed by atoms with Gasteiger partial charge in [0.1, 0.15) is 0 Å². The van der Waals surface area contributed by atoms with Crippen molar-refractivity contribution in [2.75, 3.05) is 11.1 Å². The third-order valence-electron chi connectivity index (χ3n) is 2.63. The first-order valence-corrected chi connectivity index (χ1v) is 6.37. The van der Waals surface area contributed by atoms with Gasteiger partial charge >= 0.3 is 0 Å². The van der Waals surface area contributed by atoms with Crippen molar-refractivity contribution in [2.24, 2.45) is 0 Å². The number of aromatic amines is 1. The number of halogens is 2. The van der Waals surface area contributed by atoms with Crippen molar-refractivity contribution in [3.63, 3.8) is 0 Å². The second-order valence-corrected chi connectivity index (χ2v) is 4.72. The highest BCUT2D eigenvalue weighted by atomic mass is 35.5. The van der Waals surface area contributed by atoms with Crippen molar-refractivity contribution in [3.8, 4) is 0 Å². The number of anilines is 2. The van der Waals surface area contributed by atoms with E-state index >= 15 is 0 Å². The summed E-state index contributed by atoms with van der Waals surface area (Å²) in [6, 6.07) is 4.81. The minimum Gasteiger partial charge on any atom is -0.395 e. The molecule has 1 aromatic carbocycles. The molecule has 0 aliphatic rings. The quantitative estimate of drug-likeness (QED) is 0.814. The van der Waals surface area contributed by atoms with E-state index in [9.17, 15) is 4.79 Å². The molecule has 1 heterocycles. The van der Waals surface area contributed by atoms with E-state index in [0.717, 1.165) is 5.69 Å². The van der Waals surface area contributed by atoms with Crippen LogP contribution in [0.15, 0.2) is 18.2 Å². The van der Waals surface area contributed by atoms with E-state index in [1.807, 2.05) is 6.92 Å². The van der Waals surface area contributed by atoms with Gasteiger partial charge in [0.05, 0.1) is 21.4 Å². The molecule has 0 radical (unpaired) electrons. The van der Waals surface area contributed by atoms with Gasteiger partial charge in [-0.15, -0.1) is 0 Å². The van der Waals surface area contributed by atoms with Gasteiger partial charge in [0.2, 0.25) is 0 Å². The van der Waals surface area contributed by atoms with Crippen LogP contribution in [0.4, 0.5) is 11.4 Å². The SMILES string of the molecule is CCc1[nH]nc(C(=O)Nc2ccc(Cl)c(Cl)c2)c1N. The first-order chi connectivity index (χ1) is 9.02. The fourth-order valence-corrected chi connectivity index (χ4v) is 1.89. The van der Waals surface area contributed by atoms with Gasteiger partial charge in [0.15, 0.2) is 5.69 Å². The van der Waals surface area contributed by atoms with Crippen molar-refractivity contribution in [3.05, 3.63) is 39.6 Å². The maximum absolute atomic E-state index is 12.0. The van der Waals surface area contributed by atoms with E-state index in [1.165, 1.54) is 0 Å². The zero-order chi connectivity index (χ0) is 14.0. The minimum absolute atomic E-state index is 0.169. The van der Waals surface area contributed by atoms with Gasteiger partial charge in [-0.2, -0.15) is 5.10 Å². The number of nitrogens with zero attached hydrogens (tertiary/aromatic N) is 1. The first kappa shape index (κ1) is 13.7. The molecule has 0 atom stereocenters. The van der Waals surface area contributed by atoms with Gasteiger partial charge in [0.25, 0.3) is 5.91 Å². The number of nitrogen functional groups attached to an aromatic ring is 1. The summed E-state index contributed by atoms with van der Waals surface area (Å²) in [5.41, 5.74) is 7.61. The lowest BCUT2D eigenvalue weighted by atomic mass is 10.2. The second-order valence-electron chi connectivity index (χ2n) is 3.90. The number of hydrogen-bond donors (Lipinski definition) is 3. The summed E-state index contributed by atoms with van der Waals surface area (Å²) in [5, 5.41) is 10.1. The Labute approximate surface area is 120 Å². The lowest BCUT2D eigenvalue weighted by Crippen LogP contribution is -2.14. The Morgan fingerprint density at radius 2 is 2.16 bits per heavy atom. The highest BCUT2D eigenvalue weighted by molar-refractivity contribution is 6.42. The summed E-state index contributed by atoms with van der Waals surface area (Å²) < 4.78 is 0. The Kier molecular flexibility index (Phi) is 3.97. The molecule has 1 aromatic heterocycles. The molecule has 0 unspecified atom stereocenters. The summed E-state index contributed by atoms with van der Waals surface area (Å²) in [6.45, 7) is 1.92. The number of nitrogens with two attached hydrogens (primary N) is 1. The Hall–Kier alpha value is -1.72. The maximum Gasteiger partial charge on any atom is 0.278 e. The highest BCUT2D eigenvalue weighted by Gasteiger charge is 2.16. The van der Waals surface area contributed by atoms with Crippen LogP contribution in [0.25, 0.3) is 0 Å². The molecule has 19 heavy (non-hydrogen) atoms. The average molecular weight is 299 g/mol. The number of benzene rings is 1. The maximum atomic E-state index is 12.0. The number of hydrogen-bond acceptors (Lipinski definition) is 3. The lowest BCUT2D eigenvalue weighted by Gasteiger charge is -2.05. The monoisotopic (exact) mass is 298 g/mol. The van der Waals surface area contributed by atoms with Crippen LogP contribution >= 0.6 is 23.2 Å². The third-order valence-corrected chi connectivity index (χ3v) is 3.37. The molecular formula is C12H12Cl2N4O. The van der Waals surface area contributed by atoms with E-state index in [0.29, 0.717) is 27.8 Å². The molecule has 4 N–H and O–H groups in total. The third kappa shape index (κ3) is 2.83. The molecule has 0 fully saturated rings. The number of H-pyrrole nitrogens is 1. The van der Waals surface area contributed by atoms with Crippen molar-refractivity contribution in [2.45, 2.75) is 13.3 Å². The lowest BCUT2D eigenvalue weighted by molar-refractivity contribution is 0.102. The number of carbonyl (C=O) groups excluding carboxylic acids is 1. The van der Waals surface area contributed by atoms with Gasteiger partial charge in [-0.3, -0.25) is 9.89 Å². The molecule has 1 amide bonds. The second kappa shape index (κ2) is 5.50. The molecule has 0 aliphatic carbocycles. The van der Waals surface area contributed by atoms with Crippen LogP contribution in [0.3, 0.4) is 0 Å². The summed E-state index contributed by atoms with van der Waals surface area (Å²) in [4.78, 5) is 12.0. The van der Waals surface area contributed by atoms with Crippen molar-refractivity contribution in [1.29, 1.82) is 0 Å². The summed E-state index contributed by atoms with van der Waals surface area (Å²) >= 11 is 11.7. The number of amides is 1. The summed E-state index contributed by atoms with van der Waals surface area (Å²) in [7, 11) is 0. The molecule has 5 nitrogen and oxygen atoms in total. The topological polar surface area (TPSA) is 83.8 Å². The normalized spacial score (nSPS) is 10.5. The Morgan fingerprint density at radius 3 is 2.74 bits per heavy atom. The van der Waals surface area contributed by atoms with Gasteiger partial charge in [-0.05, 0) is 24.6 Å². The molecule has 2 rings (SSSR count). The van der Waals surface area contributed by atoms with Crippen LogP contribution in [0.2, 0.25) is 10.0 Å². The Bertz CT molecular complexity index is 624. The Balaban J connectivity index is 2.20. The molecule has 0 aliphatic heterocycles. The van der Waals surface area contributed by atoms with E-state index in [-0.39, 0.29) is 5.69 Å². The van der Waals surface area contributed by atoms with Gasteiger partial charge in [-0.1, -0.05) is 30.1 Å². The van der Waals surface area contributed by atoms with Crippen LogP contribution in [-0.2, 0) is 6.42 Å². The molecule has 0 bridgehead atoms. The molecule has 2 aromatic rings. The van der Waals surface area contributed by atoms with Crippen molar-refractivity contribution < 1.29 is 4.79 Å². The van der Waals surface area contributed by atoms with Crippen LogP contribution in [0.1, 0.15) is 23.1 Å². The van der Waals surface area contributed by atoms with Crippen LogP contribution < -0.4 is 11.1 Å². The largest absolute Gasteiger partial charge is 0.395 e. The number of aromatic nitrogens is 2. The van der Waals surface area contributed by atoms with Gasteiger partial charge in [0, 0.05) is 5.69 Å². The van der Waals surface area contributed by atoms with Crippen LogP contribution in [-0.4, -0.2) is 16.1 Å². The van der Waals surface area contributed by atoms with Crippen LogP contribution in [0.5, 0.6) is 0 Å². The van der Waals surface area contributed by atoms with Crippen LogP contribution in [0, 0.1) is 0 Å². The summed E-state index contributed by atoms with van der Waals surface area (Å²) in [5.74, 6) is -0.396. The van der Waals surface area contributed by atoms with Crippen molar-refractivity contribution >= 4 is 40.5 Å². The number of rotatable bonds is 3. The van der Waals surface area contributed by atoms with E-state index < -0.39 is 5.91 Å². The highest BCUT2D eigenvalue weighted by Crippen LogP contribution is 2.25. The molecule has 0 saturated heterocycles. The van der Waals surface area contributed by atoms with E-state index in [2.05, 4.69) is 15.5 Å². The summed E-state index contributed by atoms with van der Waals surface area (Å²) in [6.07, 6.45) is 0.679. The standard InChI is InChI=1S/C12H12Cl2N4O/c1-2-9-10(15)11(18-17-9)12(19)16-6-3-4-7(13)8(14)5-6/h3-5H,2,15H2,1H3,(H,16,19)(H,17,18). The fourth-order valence-electron chi connectivity index (χ4n) is 1.59. The molecule has 7 heteroatoms. The van der Waals surface area contributed by atoms with E-state index in [1.54, 1.807) is 18.2 Å². The molecule has 0 spiro atoms. The average Bonchev–Trinajstić information content (AvgIpc) is 2.75. The smallest absolute Gasteiger partial charge is 0.278 e. The minimum atomic E-state index is -0.396. The van der Waals surface area contributed by atoms with Crippen molar-refractivity contribution in [1.82, 2.24) is 10.2 Å². The van der Waals surface area contributed by atoms with Gasteiger partial charge < -0.3 is 11.1 Å². The zero-order valence-electron chi connectivity index (χ0n) is 10.1. The number of carbonyl (C=O) groups is 1. The van der Waals surface area contributed by atoms with E-state index in [4.69, 9.17) is 28.9 Å². The molecular weight excluding hydrogens is 287 g/mol.